The lowest BCUT2D eigenvalue weighted by molar-refractivity contribution is -0.139. The average molecular weight is 447 g/mol. The van der Waals surface area contributed by atoms with Gasteiger partial charge in [0.15, 0.2) is 11.4 Å². The van der Waals surface area contributed by atoms with Crippen LogP contribution in [0.4, 0.5) is 23.2 Å². The maximum Gasteiger partial charge on any atom is 0.419 e. The Labute approximate surface area is 169 Å². The highest BCUT2D eigenvalue weighted by Crippen LogP contribution is 2.35. The van der Waals surface area contributed by atoms with Gasteiger partial charge in [0.1, 0.15) is 17.3 Å². The Morgan fingerprint density at radius 2 is 2.03 bits per heavy atom. The molecule has 0 aliphatic carbocycles. The molecule has 1 unspecified atom stereocenters. The number of ether oxygens (including phenoxy) is 1. The number of aryl methyl sites for hydroxylation is 1. The standard InChI is InChI=1S/C18H17F4N3O4S/c1-9(2)13-8-29-16-14(30(27,28)24-13)7-25(3)15(16)17(26)23-10-4-5-12(19)11(6-10)18(20,21)22/h4-7,13,24H,1,8H2,2-3H3,(H,23,26). The molecule has 0 spiro atoms. The van der Waals surface area contributed by atoms with Crippen molar-refractivity contribution in [2.75, 3.05) is 11.9 Å². The number of alkyl halides is 3. The van der Waals surface area contributed by atoms with Crippen LogP contribution >= 0.6 is 0 Å². The van der Waals surface area contributed by atoms with Gasteiger partial charge in [-0.2, -0.15) is 13.2 Å². The fraction of sp³-hybridized carbons (Fsp3) is 0.278. The van der Waals surface area contributed by atoms with Crippen LogP contribution in [0.1, 0.15) is 23.0 Å². The van der Waals surface area contributed by atoms with Crippen molar-refractivity contribution in [3.05, 3.63) is 53.6 Å². The average Bonchev–Trinajstić information content (AvgIpc) is 2.89. The zero-order chi connectivity index (χ0) is 22.4. The van der Waals surface area contributed by atoms with Gasteiger partial charge in [0.2, 0.25) is 10.0 Å². The molecule has 1 aromatic carbocycles. The third kappa shape index (κ3) is 4.05. The van der Waals surface area contributed by atoms with E-state index in [1.54, 1.807) is 6.92 Å². The summed E-state index contributed by atoms with van der Waals surface area (Å²) in [6, 6.07) is 1.26. The van der Waals surface area contributed by atoms with E-state index >= 15 is 0 Å². The molecule has 1 atom stereocenters. The van der Waals surface area contributed by atoms with Crippen LogP contribution in [0.25, 0.3) is 0 Å². The van der Waals surface area contributed by atoms with Crippen molar-refractivity contribution >= 4 is 21.6 Å². The van der Waals surface area contributed by atoms with Crippen LogP contribution in [0.3, 0.4) is 0 Å². The van der Waals surface area contributed by atoms with Crippen molar-refractivity contribution in [3.63, 3.8) is 0 Å². The number of carbonyl (C=O) groups is 1. The van der Waals surface area contributed by atoms with Gasteiger partial charge in [0.25, 0.3) is 5.91 Å². The van der Waals surface area contributed by atoms with Gasteiger partial charge in [-0.1, -0.05) is 12.2 Å². The molecule has 2 aromatic rings. The summed E-state index contributed by atoms with van der Waals surface area (Å²) in [5, 5.41) is 2.22. The number of fused-ring (bicyclic) bond motifs is 1. The molecule has 0 saturated heterocycles. The van der Waals surface area contributed by atoms with Crippen LogP contribution < -0.4 is 14.8 Å². The second-order valence-corrected chi connectivity index (χ2v) is 8.44. The summed E-state index contributed by atoms with van der Waals surface area (Å²) in [6.45, 7) is 5.15. The summed E-state index contributed by atoms with van der Waals surface area (Å²) in [5.41, 5.74) is -1.60. The first-order chi connectivity index (χ1) is 13.8. The smallest absolute Gasteiger partial charge is 0.419 e. The number of halogens is 4. The van der Waals surface area contributed by atoms with Crippen molar-refractivity contribution in [2.45, 2.75) is 24.0 Å². The fourth-order valence-corrected chi connectivity index (χ4v) is 4.34. The Bertz CT molecular complexity index is 1140. The van der Waals surface area contributed by atoms with Crippen LogP contribution in [-0.2, 0) is 23.2 Å². The Balaban J connectivity index is 1.98. The van der Waals surface area contributed by atoms with Crippen LogP contribution in [0.15, 0.2) is 41.4 Å². The molecule has 12 heteroatoms. The molecular weight excluding hydrogens is 430 g/mol. The Kier molecular flexibility index (Phi) is 5.41. The topological polar surface area (TPSA) is 89.4 Å². The molecule has 0 bridgehead atoms. The van der Waals surface area contributed by atoms with Crippen molar-refractivity contribution in [3.8, 4) is 5.75 Å². The maximum absolute atomic E-state index is 13.5. The molecule has 0 radical (unpaired) electrons. The number of hydrogen-bond acceptors (Lipinski definition) is 4. The summed E-state index contributed by atoms with van der Waals surface area (Å²) in [6.07, 6.45) is -3.80. The van der Waals surface area contributed by atoms with Gasteiger partial charge in [0, 0.05) is 18.9 Å². The SMILES string of the molecule is C=C(C)C1COc2c(cn(C)c2C(=O)Nc2ccc(F)c(C(F)(F)F)c2)S(=O)(=O)N1. The molecular formula is C18H17F4N3O4S. The van der Waals surface area contributed by atoms with E-state index in [4.69, 9.17) is 4.74 Å². The number of aromatic nitrogens is 1. The van der Waals surface area contributed by atoms with E-state index in [9.17, 15) is 30.8 Å². The maximum atomic E-state index is 13.5. The van der Waals surface area contributed by atoms with E-state index in [2.05, 4.69) is 16.6 Å². The Morgan fingerprint density at radius 3 is 2.63 bits per heavy atom. The molecule has 162 valence electrons. The molecule has 30 heavy (non-hydrogen) atoms. The zero-order valence-electron chi connectivity index (χ0n) is 15.8. The normalized spacial score (nSPS) is 18.1. The highest BCUT2D eigenvalue weighted by atomic mass is 32.2. The lowest BCUT2D eigenvalue weighted by Gasteiger charge is -2.15. The number of nitrogens with zero attached hydrogens (tertiary/aromatic N) is 1. The summed E-state index contributed by atoms with van der Waals surface area (Å²) >= 11 is 0. The second kappa shape index (κ2) is 7.43. The minimum Gasteiger partial charge on any atom is -0.488 e. The number of nitrogens with one attached hydrogen (secondary N) is 2. The molecule has 0 saturated carbocycles. The van der Waals surface area contributed by atoms with Crippen LogP contribution in [-0.4, -0.2) is 31.5 Å². The van der Waals surface area contributed by atoms with Crippen LogP contribution in [0.2, 0.25) is 0 Å². The highest BCUT2D eigenvalue weighted by Gasteiger charge is 2.36. The molecule has 7 nitrogen and oxygen atoms in total. The lowest BCUT2D eigenvalue weighted by Crippen LogP contribution is -2.37. The molecule has 1 amide bonds. The molecule has 0 fully saturated rings. The van der Waals surface area contributed by atoms with E-state index in [0.717, 1.165) is 12.3 Å². The summed E-state index contributed by atoms with van der Waals surface area (Å²) in [5.74, 6) is -2.66. The summed E-state index contributed by atoms with van der Waals surface area (Å²) < 4.78 is 86.5. The zero-order valence-corrected chi connectivity index (χ0v) is 16.6. The van der Waals surface area contributed by atoms with Gasteiger partial charge in [-0.3, -0.25) is 4.79 Å². The Morgan fingerprint density at radius 1 is 1.37 bits per heavy atom. The van der Waals surface area contributed by atoms with Crippen LogP contribution in [0, 0.1) is 5.82 Å². The van der Waals surface area contributed by atoms with E-state index in [0.29, 0.717) is 17.7 Å². The third-order valence-electron chi connectivity index (χ3n) is 4.42. The van der Waals surface area contributed by atoms with Gasteiger partial charge >= 0.3 is 6.18 Å². The number of amides is 1. The minimum absolute atomic E-state index is 0.138. The molecule has 1 aromatic heterocycles. The van der Waals surface area contributed by atoms with E-state index in [-0.39, 0.29) is 28.6 Å². The number of sulfonamides is 1. The fourth-order valence-electron chi connectivity index (χ4n) is 2.87. The summed E-state index contributed by atoms with van der Waals surface area (Å²) in [7, 11) is -2.67. The highest BCUT2D eigenvalue weighted by molar-refractivity contribution is 7.89. The van der Waals surface area contributed by atoms with Crippen molar-refractivity contribution in [1.82, 2.24) is 9.29 Å². The monoisotopic (exact) mass is 447 g/mol. The van der Waals surface area contributed by atoms with Gasteiger partial charge < -0.3 is 14.6 Å². The number of rotatable bonds is 3. The molecule has 2 heterocycles. The van der Waals surface area contributed by atoms with Crippen molar-refractivity contribution < 1.29 is 35.5 Å². The van der Waals surface area contributed by atoms with Gasteiger partial charge in [-0.25, -0.2) is 17.5 Å². The van der Waals surface area contributed by atoms with Gasteiger partial charge in [-0.15, -0.1) is 0 Å². The largest absolute Gasteiger partial charge is 0.488 e. The summed E-state index contributed by atoms with van der Waals surface area (Å²) in [4.78, 5) is 12.4. The predicted octanol–water partition coefficient (Wildman–Crippen LogP) is 3.05. The first-order valence-electron chi connectivity index (χ1n) is 8.49. The quantitative estimate of drug-likeness (QED) is 0.559. The van der Waals surface area contributed by atoms with Crippen molar-refractivity contribution in [2.24, 2.45) is 7.05 Å². The number of anilines is 1. The number of benzene rings is 1. The predicted molar refractivity (Wildman–Crippen MR) is 99.2 cm³/mol. The van der Waals surface area contributed by atoms with E-state index in [1.165, 1.54) is 11.6 Å². The second-order valence-electron chi connectivity index (χ2n) is 6.76. The van der Waals surface area contributed by atoms with Gasteiger partial charge in [-0.05, 0) is 25.1 Å². The van der Waals surface area contributed by atoms with Crippen LogP contribution in [0.5, 0.6) is 5.75 Å². The first kappa shape index (κ1) is 21.8. The third-order valence-corrected chi connectivity index (χ3v) is 5.89. The number of hydrogen-bond donors (Lipinski definition) is 2. The van der Waals surface area contributed by atoms with E-state index in [1.807, 2.05) is 0 Å². The lowest BCUT2D eigenvalue weighted by atomic mass is 10.1. The van der Waals surface area contributed by atoms with E-state index < -0.39 is 39.5 Å². The molecule has 3 rings (SSSR count). The molecule has 2 N–H and O–H groups in total. The molecule has 1 aliphatic rings. The van der Waals surface area contributed by atoms with Gasteiger partial charge in [0.05, 0.1) is 11.6 Å². The minimum atomic E-state index is -4.95. The number of carbonyl (C=O) groups excluding carboxylic acids is 1. The Hall–Kier alpha value is -2.86. The first-order valence-corrected chi connectivity index (χ1v) is 9.97. The molecule has 1 aliphatic heterocycles. The van der Waals surface area contributed by atoms with Crippen molar-refractivity contribution in [1.29, 1.82) is 0 Å².